The summed E-state index contributed by atoms with van der Waals surface area (Å²) >= 11 is 0. The fourth-order valence-corrected chi connectivity index (χ4v) is 2.48. The lowest BCUT2D eigenvalue weighted by molar-refractivity contribution is -0.700. The number of benzene rings is 1. The minimum atomic E-state index is 0.959. The molecule has 0 radical (unpaired) electrons. The molecule has 1 aromatic heterocycles. The van der Waals surface area contributed by atoms with E-state index in [1.165, 1.54) is 33.6 Å². The Morgan fingerprint density at radius 3 is 1.72 bits per heavy atom. The van der Waals surface area contributed by atoms with Gasteiger partial charge in [0.05, 0.1) is 0 Å². The van der Waals surface area contributed by atoms with Crippen molar-refractivity contribution in [1.82, 2.24) is 0 Å². The van der Waals surface area contributed by atoms with Crippen molar-refractivity contribution >= 4 is 0 Å². The molecule has 0 saturated carbocycles. The number of hydrogen-bond acceptors (Lipinski definition) is 0. The highest BCUT2D eigenvalue weighted by atomic mass is 15.0. The highest BCUT2D eigenvalue weighted by molar-refractivity contribution is 5.33. The van der Waals surface area contributed by atoms with Gasteiger partial charge in [-0.15, -0.1) is 0 Å². The summed E-state index contributed by atoms with van der Waals surface area (Å²) in [5.41, 5.74) is 8.35. The van der Waals surface area contributed by atoms with E-state index in [2.05, 4.69) is 69.5 Å². The number of pyridine rings is 1. The first-order chi connectivity index (χ1) is 8.52. The standard InChI is InChI=1S/C17H22N/c1-12-13(2)15(4)18(16(5)14(12)3)11-17-9-7-6-8-10-17/h6-10H,11H2,1-5H3/q+1. The minimum absolute atomic E-state index is 0.959. The molecule has 1 nitrogen and oxygen atoms in total. The highest BCUT2D eigenvalue weighted by Gasteiger charge is 2.19. The fourth-order valence-electron chi connectivity index (χ4n) is 2.48. The first-order valence-electron chi connectivity index (χ1n) is 6.53. The van der Waals surface area contributed by atoms with Crippen LogP contribution >= 0.6 is 0 Å². The second kappa shape index (κ2) is 4.93. The van der Waals surface area contributed by atoms with Crippen LogP contribution in [-0.4, -0.2) is 0 Å². The monoisotopic (exact) mass is 240 g/mol. The topological polar surface area (TPSA) is 3.88 Å². The third-order valence-electron chi connectivity index (χ3n) is 4.20. The maximum Gasteiger partial charge on any atom is 0.181 e. The number of aromatic nitrogens is 1. The SMILES string of the molecule is Cc1c(C)c(C)[n+](Cc2ccccc2)c(C)c1C. The van der Waals surface area contributed by atoms with Crippen molar-refractivity contribution in [3.05, 3.63) is 64.0 Å². The normalized spacial score (nSPS) is 10.7. The van der Waals surface area contributed by atoms with E-state index in [-0.39, 0.29) is 0 Å². The molecule has 1 heterocycles. The van der Waals surface area contributed by atoms with Crippen molar-refractivity contribution in [2.45, 2.75) is 41.2 Å². The van der Waals surface area contributed by atoms with Crippen LogP contribution in [0.4, 0.5) is 0 Å². The van der Waals surface area contributed by atoms with Gasteiger partial charge in [-0.2, -0.15) is 4.57 Å². The molecule has 0 aliphatic heterocycles. The quantitative estimate of drug-likeness (QED) is 0.707. The van der Waals surface area contributed by atoms with E-state index >= 15 is 0 Å². The molecule has 0 amide bonds. The summed E-state index contributed by atoms with van der Waals surface area (Å²) in [7, 11) is 0. The second-order valence-corrected chi connectivity index (χ2v) is 5.12. The van der Waals surface area contributed by atoms with Crippen LogP contribution in [0.1, 0.15) is 33.6 Å². The molecule has 0 unspecified atom stereocenters. The molecular weight excluding hydrogens is 218 g/mol. The molecule has 0 N–H and O–H groups in total. The summed E-state index contributed by atoms with van der Waals surface area (Å²) in [6.45, 7) is 12.1. The number of rotatable bonds is 2. The number of hydrogen-bond donors (Lipinski definition) is 0. The van der Waals surface area contributed by atoms with Gasteiger partial charge in [-0.25, -0.2) is 0 Å². The average Bonchev–Trinajstić information content (AvgIpc) is 2.40. The predicted octanol–water partition coefficient (Wildman–Crippen LogP) is 3.56. The molecule has 0 bridgehead atoms. The summed E-state index contributed by atoms with van der Waals surface area (Å²) in [5, 5.41) is 0. The summed E-state index contributed by atoms with van der Waals surface area (Å²) < 4.78 is 2.42. The zero-order valence-corrected chi connectivity index (χ0v) is 12.0. The van der Waals surface area contributed by atoms with Crippen molar-refractivity contribution in [1.29, 1.82) is 0 Å². The Hall–Kier alpha value is -1.63. The maximum atomic E-state index is 2.42. The summed E-state index contributed by atoms with van der Waals surface area (Å²) in [6.07, 6.45) is 0. The van der Waals surface area contributed by atoms with Crippen molar-refractivity contribution in [2.75, 3.05) is 0 Å². The molecule has 0 aliphatic rings. The van der Waals surface area contributed by atoms with Crippen molar-refractivity contribution in [2.24, 2.45) is 0 Å². The lowest BCUT2D eigenvalue weighted by Gasteiger charge is -2.12. The molecule has 0 saturated heterocycles. The lowest BCUT2D eigenvalue weighted by Crippen LogP contribution is -2.42. The largest absolute Gasteiger partial charge is 0.195 e. The zero-order chi connectivity index (χ0) is 13.3. The summed E-state index contributed by atoms with van der Waals surface area (Å²) in [6, 6.07) is 10.7. The van der Waals surface area contributed by atoms with Gasteiger partial charge >= 0.3 is 0 Å². The smallest absolute Gasteiger partial charge is 0.181 e. The third kappa shape index (κ3) is 2.17. The van der Waals surface area contributed by atoms with E-state index in [1.54, 1.807) is 0 Å². The fraction of sp³-hybridized carbons (Fsp3) is 0.353. The lowest BCUT2D eigenvalue weighted by atomic mass is 10.0. The Morgan fingerprint density at radius 1 is 0.722 bits per heavy atom. The molecular formula is C17H22N+. The molecule has 0 spiro atoms. The molecule has 18 heavy (non-hydrogen) atoms. The highest BCUT2D eigenvalue weighted by Crippen LogP contribution is 2.16. The van der Waals surface area contributed by atoms with Crippen LogP contribution in [0.15, 0.2) is 30.3 Å². The van der Waals surface area contributed by atoms with Crippen LogP contribution in [0.2, 0.25) is 0 Å². The van der Waals surface area contributed by atoms with Crippen molar-refractivity contribution in [3.8, 4) is 0 Å². The van der Waals surface area contributed by atoms with E-state index in [4.69, 9.17) is 0 Å². The van der Waals surface area contributed by atoms with E-state index in [1.807, 2.05) is 0 Å². The Labute approximate surface area is 110 Å². The first kappa shape index (κ1) is 12.8. The van der Waals surface area contributed by atoms with Gasteiger partial charge < -0.3 is 0 Å². The Morgan fingerprint density at radius 2 is 1.22 bits per heavy atom. The van der Waals surface area contributed by atoms with Gasteiger partial charge in [-0.3, -0.25) is 0 Å². The molecule has 1 heteroatoms. The number of nitrogens with zero attached hydrogens (tertiary/aromatic N) is 1. The van der Waals surface area contributed by atoms with Gasteiger partial charge in [0.25, 0.3) is 0 Å². The molecule has 0 fully saturated rings. The van der Waals surface area contributed by atoms with Crippen LogP contribution in [0.3, 0.4) is 0 Å². The Bertz CT molecular complexity index is 539. The summed E-state index contributed by atoms with van der Waals surface area (Å²) in [4.78, 5) is 0. The molecule has 1 aromatic carbocycles. The van der Waals surface area contributed by atoms with Crippen LogP contribution in [-0.2, 0) is 6.54 Å². The van der Waals surface area contributed by atoms with Gasteiger partial charge in [0.1, 0.15) is 0 Å². The van der Waals surface area contributed by atoms with Crippen LogP contribution < -0.4 is 4.57 Å². The predicted molar refractivity (Wildman–Crippen MR) is 75.9 cm³/mol. The second-order valence-electron chi connectivity index (χ2n) is 5.12. The van der Waals surface area contributed by atoms with Crippen LogP contribution in [0.5, 0.6) is 0 Å². The van der Waals surface area contributed by atoms with Crippen LogP contribution in [0, 0.1) is 34.6 Å². The van der Waals surface area contributed by atoms with Gasteiger partial charge in [0, 0.05) is 30.5 Å². The van der Waals surface area contributed by atoms with Crippen molar-refractivity contribution < 1.29 is 4.57 Å². The molecule has 94 valence electrons. The Kier molecular flexibility index (Phi) is 3.51. The average molecular weight is 240 g/mol. The zero-order valence-electron chi connectivity index (χ0n) is 12.0. The maximum absolute atomic E-state index is 2.42. The van der Waals surface area contributed by atoms with Crippen LogP contribution in [0.25, 0.3) is 0 Å². The molecule has 0 aliphatic carbocycles. The van der Waals surface area contributed by atoms with Crippen molar-refractivity contribution in [3.63, 3.8) is 0 Å². The minimum Gasteiger partial charge on any atom is -0.195 e. The third-order valence-corrected chi connectivity index (χ3v) is 4.20. The Balaban J connectivity index is 2.52. The van der Waals surface area contributed by atoms with E-state index in [0.29, 0.717) is 0 Å². The first-order valence-corrected chi connectivity index (χ1v) is 6.53. The summed E-state index contributed by atoms with van der Waals surface area (Å²) in [5.74, 6) is 0. The molecule has 2 aromatic rings. The molecule has 0 atom stereocenters. The van der Waals surface area contributed by atoms with E-state index < -0.39 is 0 Å². The van der Waals surface area contributed by atoms with E-state index in [9.17, 15) is 0 Å². The van der Waals surface area contributed by atoms with Gasteiger partial charge in [0.2, 0.25) is 0 Å². The van der Waals surface area contributed by atoms with Gasteiger partial charge in [-0.1, -0.05) is 30.3 Å². The van der Waals surface area contributed by atoms with Gasteiger partial charge in [0.15, 0.2) is 17.9 Å². The molecule has 2 rings (SSSR count). The van der Waals surface area contributed by atoms with Gasteiger partial charge in [-0.05, 0) is 26.3 Å². The van der Waals surface area contributed by atoms with E-state index in [0.717, 1.165) is 6.54 Å².